The average molecular weight is 267 g/mol. The van der Waals surface area contributed by atoms with Gasteiger partial charge in [-0.15, -0.1) is 0 Å². The van der Waals surface area contributed by atoms with Crippen LogP contribution in [0.1, 0.15) is 17.3 Å². The Hall–Kier alpha value is -2.82. The molecular weight excluding hydrogens is 254 g/mol. The van der Waals surface area contributed by atoms with Gasteiger partial charge >= 0.3 is 0 Å². The predicted molar refractivity (Wildman–Crippen MR) is 76.1 cm³/mol. The number of hydrogen-bond acceptors (Lipinski definition) is 4. The van der Waals surface area contributed by atoms with E-state index in [0.29, 0.717) is 22.9 Å². The van der Waals surface area contributed by atoms with Crippen molar-refractivity contribution in [2.24, 2.45) is 0 Å². The molecule has 2 N–H and O–H groups in total. The van der Waals surface area contributed by atoms with E-state index in [0.717, 1.165) is 5.65 Å². The van der Waals surface area contributed by atoms with Gasteiger partial charge in [-0.2, -0.15) is 0 Å². The van der Waals surface area contributed by atoms with Gasteiger partial charge in [-0.25, -0.2) is 4.98 Å². The molecule has 0 aliphatic rings. The van der Waals surface area contributed by atoms with E-state index >= 15 is 0 Å². The molecular formula is C15H13N3O2. The molecule has 0 aliphatic carbocycles. The van der Waals surface area contributed by atoms with Crippen molar-refractivity contribution < 1.29 is 9.53 Å². The summed E-state index contributed by atoms with van der Waals surface area (Å²) in [5, 5.41) is 0. The monoisotopic (exact) mass is 267 g/mol. The molecule has 3 aromatic rings. The minimum Gasteiger partial charge on any atom is -0.440 e. The number of carbonyl (C=O) groups is 1. The number of hydrogen-bond donors (Lipinski definition) is 1. The second kappa shape index (κ2) is 4.70. The molecule has 0 bridgehead atoms. The molecule has 20 heavy (non-hydrogen) atoms. The molecule has 0 atom stereocenters. The van der Waals surface area contributed by atoms with Crippen LogP contribution in [0.3, 0.4) is 0 Å². The Morgan fingerprint density at radius 1 is 1.30 bits per heavy atom. The quantitative estimate of drug-likeness (QED) is 0.585. The molecule has 0 saturated heterocycles. The van der Waals surface area contributed by atoms with Crippen molar-refractivity contribution in [2.75, 3.05) is 5.73 Å². The number of carbonyl (C=O) groups excluding carboxylic acids is 1. The maximum Gasteiger partial charge on any atom is 0.205 e. The average Bonchev–Trinajstić information content (AvgIpc) is 2.90. The highest BCUT2D eigenvalue weighted by molar-refractivity contribution is 5.97. The largest absolute Gasteiger partial charge is 0.440 e. The number of pyridine rings is 1. The Morgan fingerprint density at radius 3 is 2.95 bits per heavy atom. The zero-order valence-corrected chi connectivity index (χ0v) is 10.9. The molecule has 0 saturated carbocycles. The zero-order chi connectivity index (χ0) is 14.1. The first-order chi connectivity index (χ1) is 9.65. The van der Waals surface area contributed by atoms with Crippen LogP contribution in [-0.2, 0) is 0 Å². The van der Waals surface area contributed by atoms with Crippen molar-refractivity contribution in [1.82, 2.24) is 9.38 Å². The molecule has 100 valence electrons. The fourth-order valence-electron chi connectivity index (χ4n) is 2.03. The Labute approximate surface area is 115 Å². The molecule has 1 aromatic carbocycles. The summed E-state index contributed by atoms with van der Waals surface area (Å²) < 4.78 is 7.65. The number of nitrogens with zero attached hydrogens (tertiary/aromatic N) is 2. The van der Waals surface area contributed by atoms with Crippen LogP contribution in [0.4, 0.5) is 5.69 Å². The summed E-state index contributed by atoms with van der Waals surface area (Å²) in [6.45, 7) is 1.49. The first-order valence-corrected chi connectivity index (χ1v) is 6.15. The van der Waals surface area contributed by atoms with E-state index in [1.165, 1.54) is 6.92 Å². The third kappa shape index (κ3) is 2.09. The first kappa shape index (κ1) is 12.2. The van der Waals surface area contributed by atoms with Crippen LogP contribution in [0.5, 0.6) is 11.6 Å². The van der Waals surface area contributed by atoms with Crippen molar-refractivity contribution >= 4 is 17.1 Å². The van der Waals surface area contributed by atoms with E-state index in [1.54, 1.807) is 35.0 Å². The van der Waals surface area contributed by atoms with Gasteiger partial charge in [-0.05, 0) is 37.3 Å². The van der Waals surface area contributed by atoms with Crippen LogP contribution in [0.25, 0.3) is 5.65 Å². The van der Waals surface area contributed by atoms with E-state index in [9.17, 15) is 4.79 Å². The van der Waals surface area contributed by atoms with Gasteiger partial charge in [0.2, 0.25) is 5.88 Å². The second-order valence-corrected chi connectivity index (χ2v) is 4.43. The topological polar surface area (TPSA) is 69.6 Å². The van der Waals surface area contributed by atoms with Crippen LogP contribution in [0.15, 0.2) is 48.8 Å². The normalized spacial score (nSPS) is 10.7. The van der Waals surface area contributed by atoms with Crippen molar-refractivity contribution in [1.29, 1.82) is 0 Å². The van der Waals surface area contributed by atoms with Crippen LogP contribution < -0.4 is 10.5 Å². The van der Waals surface area contributed by atoms with Crippen LogP contribution in [0, 0.1) is 0 Å². The highest BCUT2D eigenvalue weighted by atomic mass is 16.5. The van der Waals surface area contributed by atoms with E-state index in [1.807, 2.05) is 18.2 Å². The standard InChI is InChI=1S/C15H13N3O2/c1-10(19)12-9-11(16)5-6-13(12)20-15-4-2-3-14-17-7-8-18(14)15/h2-9H,16H2,1H3. The van der Waals surface area contributed by atoms with E-state index in [-0.39, 0.29) is 5.78 Å². The molecule has 0 fully saturated rings. The molecule has 0 aliphatic heterocycles. The van der Waals surface area contributed by atoms with Crippen molar-refractivity contribution in [3.8, 4) is 11.6 Å². The number of nitrogen functional groups attached to an aromatic ring is 1. The van der Waals surface area contributed by atoms with Gasteiger partial charge in [-0.1, -0.05) is 6.07 Å². The van der Waals surface area contributed by atoms with Crippen LogP contribution in [-0.4, -0.2) is 15.2 Å². The fraction of sp³-hybridized carbons (Fsp3) is 0.0667. The van der Waals surface area contributed by atoms with Gasteiger partial charge in [0.05, 0.1) is 5.56 Å². The van der Waals surface area contributed by atoms with E-state index in [2.05, 4.69) is 4.98 Å². The fourth-order valence-corrected chi connectivity index (χ4v) is 2.03. The highest BCUT2D eigenvalue weighted by Crippen LogP contribution is 2.27. The number of fused-ring (bicyclic) bond motifs is 1. The molecule has 0 radical (unpaired) electrons. The van der Waals surface area contributed by atoms with Crippen LogP contribution in [0.2, 0.25) is 0 Å². The molecule has 3 rings (SSSR count). The van der Waals surface area contributed by atoms with Crippen molar-refractivity contribution in [3.05, 3.63) is 54.4 Å². The summed E-state index contributed by atoms with van der Waals surface area (Å²) in [5.41, 5.74) is 7.48. The lowest BCUT2D eigenvalue weighted by Crippen LogP contribution is -2.00. The molecule has 5 nitrogen and oxygen atoms in total. The number of Topliss-reactive ketones (excluding diaryl/α,β-unsaturated/α-hetero) is 1. The van der Waals surface area contributed by atoms with Gasteiger partial charge < -0.3 is 10.5 Å². The van der Waals surface area contributed by atoms with Gasteiger partial charge in [0.1, 0.15) is 11.4 Å². The van der Waals surface area contributed by atoms with Crippen molar-refractivity contribution in [2.45, 2.75) is 6.92 Å². The van der Waals surface area contributed by atoms with E-state index in [4.69, 9.17) is 10.5 Å². The first-order valence-electron chi connectivity index (χ1n) is 6.15. The number of rotatable bonds is 3. The minimum atomic E-state index is -0.0925. The van der Waals surface area contributed by atoms with Gasteiger partial charge in [-0.3, -0.25) is 9.20 Å². The minimum absolute atomic E-state index is 0.0925. The third-order valence-corrected chi connectivity index (χ3v) is 2.99. The second-order valence-electron chi connectivity index (χ2n) is 4.43. The molecule has 2 aromatic heterocycles. The number of imidazole rings is 1. The third-order valence-electron chi connectivity index (χ3n) is 2.99. The number of ether oxygens (including phenoxy) is 1. The summed E-state index contributed by atoms with van der Waals surface area (Å²) in [6.07, 6.45) is 3.49. The number of anilines is 1. The molecule has 0 unspecified atom stereocenters. The van der Waals surface area contributed by atoms with Crippen molar-refractivity contribution in [3.63, 3.8) is 0 Å². The zero-order valence-electron chi connectivity index (χ0n) is 10.9. The SMILES string of the molecule is CC(=O)c1cc(N)ccc1Oc1cccc2nccn12. The van der Waals surface area contributed by atoms with Gasteiger partial charge in [0.25, 0.3) is 0 Å². The lowest BCUT2D eigenvalue weighted by Gasteiger charge is -2.11. The predicted octanol–water partition coefficient (Wildman–Crippen LogP) is 2.91. The highest BCUT2D eigenvalue weighted by Gasteiger charge is 2.11. The maximum absolute atomic E-state index is 11.7. The molecule has 2 heterocycles. The van der Waals surface area contributed by atoms with E-state index < -0.39 is 0 Å². The number of ketones is 1. The Morgan fingerprint density at radius 2 is 2.15 bits per heavy atom. The van der Waals surface area contributed by atoms with Gasteiger partial charge in [0, 0.05) is 18.1 Å². The summed E-state index contributed by atoms with van der Waals surface area (Å²) in [7, 11) is 0. The van der Waals surface area contributed by atoms with Crippen LogP contribution >= 0.6 is 0 Å². The summed E-state index contributed by atoms with van der Waals surface area (Å²) in [5.74, 6) is 0.977. The lowest BCUT2D eigenvalue weighted by molar-refractivity contribution is 0.101. The number of aromatic nitrogens is 2. The van der Waals surface area contributed by atoms with Gasteiger partial charge in [0.15, 0.2) is 5.78 Å². The summed E-state index contributed by atoms with van der Waals surface area (Å²) >= 11 is 0. The summed E-state index contributed by atoms with van der Waals surface area (Å²) in [6, 6.07) is 10.6. The Kier molecular flexibility index (Phi) is 2.87. The number of benzene rings is 1. The maximum atomic E-state index is 11.7. The molecule has 5 heteroatoms. The smallest absolute Gasteiger partial charge is 0.205 e. The number of nitrogens with two attached hydrogens (primary N) is 1. The Bertz CT molecular complexity index is 793. The summed E-state index contributed by atoms with van der Waals surface area (Å²) in [4.78, 5) is 15.9. The molecule has 0 spiro atoms. The molecule has 0 amide bonds. The lowest BCUT2D eigenvalue weighted by atomic mass is 10.1. The Balaban J connectivity index is 2.07.